The molecule has 1 heterocycles. The first-order chi connectivity index (χ1) is 8.27. The molecular formula is C16H18O. The smallest absolute Gasteiger partial charge is 0.126 e. The molecule has 2 unspecified atom stereocenters. The zero-order chi connectivity index (χ0) is 11.5. The van der Waals surface area contributed by atoms with E-state index in [9.17, 15) is 0 Å². The van der Waals surface area contributed by atoms with Crippen LogP contribution < -0.4 is 0 Å². The maximum atomic E-state index is 6.06. The normalized spacial score (nSPS) is 34.1. The topological polar surface area (TPSA) is 9.23 Å². The zero-order valence-corrected chi connectivity index (χ0v) is 10.3. The van der Waals surface area contributed by atoms with Crippen LogP contribution in [0, 0.1) is 18.3 Å². The molecule has 1 nitrogen and oxygen atoms in total. The highest BCUT2D eigenvalue weighted by atomic mass is 16.5. The van der Waals surface area contributed by atoms with Crippen LogP contribution in [0.4, 0.5) is 0 Å². The van der Waals surface area contributed by atoms with Crippen LogP contribution in [0.1, 0.15) is 36.8 Å². The van der Waals surface area contributed by atoms with Crippen LogP contribution in [-0.4, -0.2) is 6.61 Å². The van der Waals surface area contributed by atoms with Crippen molar-refractivity contribution < 1.29 is 4.74 Å². The summed E-state index contributed by atoms with van der Waals surface area (Å²) in [5.74, 6) is 2.17. The Hall–Kier alpha value is -1.24. The van der Waals surface area contributed by atoms with Gasteiger partial charge in [0.1, 0.15) is 5.76 Å². The fourth-order valence-electron chi connectivity index (χ4n) is 4.08. The van der Waals surface area contributed by atoms with E-state index in [-0.39, 0.29) is 0 Å². The Labute approximate surface area is 102 Å². The van der Waals surface area contributed by atoms with E-state index in [1.54, 1.807) is 5.57 Å². The van der Waals surface area contributed by atoms with Gasteiger partial charge in [-0.2, -0.15) is 0 Å². The Morgan fingerprint density at radius 3 is 3.12 bits per heavy atom. The van der Waals surface area contributed by atoms with Crippen LogP contribution in [0.25, 0.3) is 5.76 Å². The average molecular weight is 226 g/mol. The summed E-state index contributed by atoms with van der Waals surface area (Å²) in [6.07, 6.45) is 5.47. The van der Waals surface area contributed by atoms with Crippen LogP contribution in [0.2, 0.25) is 0 Å². The van der Waals surface area contributed by atoms with E-state index in [1.165, 1.54) is 42.6 Å². The number of rotatable bonds is 1. The van der Waals surface area contributed by atoms with Crippen LogP contribution in [0.5, 0.6) is 0 Å². The van der Waals surface area contributed by atoms with Gasteiger partial charge in [0, 0.05) is 11.0 Å². The fraction of sp³-hybridized carbons (Fsp3) is 0.500. The largest absolute Gasteiger partial charge is 0.492 e. The third-order valence-corrected chi connectivity index (χ3v) is 4.89. The van der Waals surface area contributed by atoms with E-state index in [0.717, 1.165) is 12.5 Å². The standard InChI is InChI=1S/C16H18O/c1-11-3-2-4-13(7-11)15-14-8-12-5-6-16(14,9-12)10-17-15/h2-4,7,12H,5-6,8-10H2,1H3. The van der Waals surface area contributed by atoms with Crippen LogP contribution in [0.3, 0.4) is 0 Å². The summed E-state index contributed by atoms with van der Waals surface area (Å²) in [6, 6.07) is 8.74. The lowest BCUT2D eigenvalue weighted by molar-refractivity contribution is 0.203. The van der Waals surface area contributed by atoms with Crippen molar-refractivity contribution in [3.8, 4) is 0 Å². The highest BCUT2D eigenvalue weighted by Crippen LogP contribution is 2.62. The molecule has 1 aromatic rings. The lowest BCUT2D eigenvalue weighted by atomic mass is 9.81. The van der Waals surface area contributed by atoms with Crippen LogP contribution in [0.15, 0.2) is 29.8 Å². The van der Waals surface area contributed by atoms with Gasteiger partial charge in [-0.3, -0.25) is 0 Å². The predicted molar refractivity (Wildman–Crippen MR) is 68.4 cm³/mol. The number of ether oxygens (including phenoxy) is 1. The summed E-state index contributed by atoms with van der Waals surface area (Å²) in [6.45, 7) is 3.10. The quantitative estimate of drug-likeness (QED) is 0.705. The van der Waals surface area contributed by atoms with Gasteiger partial charge >= 0.3 is 0 Å². The van der Waals surface area contributed by atoms with E-state index >= 15 is 0 Å². The van der Waals surface area contributed by atoms with Gasteiger partial charge in [0.25, 0.3) is 0 Å². The SMILES string of the molecule is Cc1cccc(C2=C3CC4CCC3(CO2)C4)c1. The summed E-state index contributed by atoms with van der Waals surface area (Å²) >= 11 is 0. The van der Waals surface area contributed by atoms with Crippen molar-refractivity contribution >= 4 is 5.76 Å². The molecular weight excluding hydrogens is 208 g/mol. The Bertz CT molecular complexity index is 514. The first-order valence-electron chi connectivity index (χ1n) is 6.70. The molecule has 0 radical (unpaired) electrons. The first-order valence-corrected chi connectivity index (χ1v) is 6.70. The number of hydrogen-bond acceptors (Lipinski definition) is 1. The number of hydrogen-bond donors (Lipinski definition) is 0. The van der Waals surface area contributed by atoms with Crippen LogP contribution in [-0.2, 0) is 4.74 Å². The molecule has 3 aliphatic rings. The minimum absolute atomic E-state index is 0.448. The van der Waals surface area contributed by atoms with Gasteiger partial charge in [0.05, 0.1) is 6.61 Å². The van der Waals surface area contributed by atoms with E-state index in [2.05, 4.69) is 31.2 Å². The molecule has 1 aromatic carbocycles. The zero-order valence-electron chi connectivity index (χ0n) is 10.3. The van der Waals surface area contributed by atoms with Gasteiger partial charge < -0.3 is 4.74 Å². The molecule has 0 aromatic heterocycles. The van der Waals surface area contributed by atoms with E-state index in [4.69, 9.17) is 4.74 Å². The van der Waals surface area contributed by atoms with Crippen molar-refractivity contribution in [1.29, 1.82) is 0 Å². The Kier molecular flexibility index (Phi) is 1.81. The third kappa shape index (κ3) is 1.25. The summed E-state index contributed by atoms with van der Waals surface area (Å²) in [5.41, 5.74) is 4.70. The molecule has 0 amide bonds. The van der Waals surface area contributed by atoms with Gasteiger partial charge in [-0.25, -0.2) is 0 Å². The lowest BCUT2D eigenvalue weighted by Crippen LogP contribution is -2.17. The van der Waals surface area contributed by atoms with Gasteiger partial charge in [0.2, 0.25) is 0 Å². The monoisotopic (exact) mass is 226 g/mol. The molecule has 0 N–H and O–H groups in total. The Morgan fingerprint density at radius 2 is 2.29 bits per heavy atom. The number of benzene rings is 1. The molecule has 2 bridgehead atoms. The van der Waals surface area contributed by atoms with Gasteiger partial charge in [-0.1, -0.05) is 23.8 Å². The fourth-order valence-corrected chi connectivity index (χ4v) is 4.08. The van der Waals surface area contributed by atoms with Crippen molar-refractivity contribution in [2.75, 3.05) is 6.61 Å². The van der Waals surface area contributed by atoms with E-state index < -0.39 is 0 Å². The molecule has 1 heteroatoms. The molecule has 1 spiro atoms. The molecule has 2 aliphatic carbocycles. The van der Waals surface area contributed by atoms with E-state index in [1.807, 2.05) is 0 Å². The van der Waals surface area contributed by atoms with Crippen molar-refractivity contribution in [2.45, 2.75) is 32.6 Å². The highest BCUT2D eigenvalue weighted by Gasteiger charge is 2.53. The number of aryl methyl sites for hydroxylation is 1. The Balaban J connectivity index is 1.83. The van der Waals surface area contributed by atoms with Gasteiger partial charge in [-0.05, 0) is 50.2 Å². The molecule has 2 fully saturated rings. The van der Waals surface area contributed by atoms with Crippen molar-refractivity contribution in [3.63, 3.8) is 0 Å². The molecule has 2 saturated carbocycles. The predicted octanol–water partition coefficient (Wildman–Crippen LogP) is 3.93. The Morgan fingerprint density at radius 1 is 1.35 bits per heavy atom. The molecule has 17 heavy (non-hydrogen) atoms. The second kappa shape index (κ2) is 3.16. The second-order valence-corrected chi connectivity index (χ2v) is 6.06. The number of fused-ring (bicyclic) bond motifs is 1. The maximum absolute atomic E-state index is 6.06. The summed E-state index contributed by atoms with van der Waals surface area (Å²) in [4.78, 5) is 0. The van der Waals surface area contributed by atoms with Crippen molar-refractivity contribution in [3.05, 3.63) is 41.0 Å². The van der Waals surface area contributed by atoms with E-state index in [0.29, 0.717) is 5.41 Å². The molecule has 1 aliphatic heterocycles. The minimum Gasteiger partial charge on any atom is -0.492 e. The molecule has 0 saturated heterocycles. The molecule has 2 atom stereocenters. The first kappa shape index (κ1) is 9.76. The second-order valence-electron chi connectivity index (χ2n) is 6.06. The van der Waals surface area contributed by atoms with Crippen molar-refractivity contribution in [2.24, 2.45) is 11.3 Å². The summed E-state index contributed by atoms with van der Waals surface area (Å²) in [7, 11) is 0. The third-order valence-electron chi connectivity index (χ3n) is 4.89. The minimum atomic E-state index is 0.448. The summed E-state index contributed by atoms with van der Waals surface area (Å²) < 4.78 is 6.06. The van der Waals surface area contributed by atoms with Crippen LogP contribution >= 0.6 is 0 Å². The van der Waals surface area contributed by atoms with Gasteiger partial charge in [-0.15, -0.1) is 0 Å². The molecule has 88 valence electrons. The van der Waals surface area contributed by atoms with Gasteiger partial charge in [0.15, 0.2) is 0 Å². The summed E-state index contributed by atoms with van der Waals surface area (Å²) in [5, 5.41) is 0. The highest BCUT2D eigenvalue weighted by molar-refractivity contribution is 5.68. The average Bonchev–Trinajstić information content (AvgIpc) is 2.95. The lowest BCUT2D eigenvalue weighted by Gasteiger charge is -2.21. The molecule has 4 rings (SSSR count). The van der Waals surface area contributed by atoms with Crippen molar-refractivity contribution in [1.82, 2.24) is 0 Å². The maximum Gasteiger partial charge on any atom is 0.126 e.